The number of furan rings is 1. The molecule has 2 heterocycles. The maximum Gasteiger partial charge on any atom is 0.416 e. The Morgan fingerprint density at radius 1 is 1.06 bits per heavy atom. The highest BCUT2D eigenvalue weighted by Crippen LogP contribution is 2.40. The first-order valence-corrected chi connectivity index (χ1v) is 9.16. The lowest BCUT2D eigenvalue weighted by molar-refractivity contribution is -0.143. The Labute approximate surface area is 177 Å². The fourth-order valence-electron chi connectivity index (χ4n) is 3.15. The van der Waals surface area contributed by atoms with Crippen molar-refractivity contribution in [2.75, 3.05) is 6.61 Å². The maximum atomic E-state index is 13.1. The number of esters is 1. The van der Waals surface area contributed by atoms with Crippen LogP contribution in [0.25, 0.3) is 11.3 Å². The van der Waals surface area contributed by atoms with Gasteiger partial charge in [0.25, 0.3) is 0 Å². The van der Waals surface area contributed by atoms with Gasteiger partial charge in [-0.3, -0.25) is 0 Å². The summed E-state index contributed by atoms with van der Waals surface area (Å²) in [6.07, 6.45) is -10.0. The molecule has 2 aromatic rings. The molecule has 32 heavy (non-hydrogen) atoms. The number of nitrogens with one attached hydrogen (secondary N) is 2. The van der Waals surface area contributed by atoms with Crippen molar-refractivity contribution in [2.24, 2.45) is 0 Å². The van der Waals surface area contributed by atoms with Crippen LogP contribution >= 0.6 is 0 Å². The van der Waals surface area contributed by atoms with Gasteiger partial charge in [-0.1, -0.05) is 0 Å². The van der Waals surface area contributed by atoms with E-state index in [4.69, 9.17) is 9.15 Å². The van der Waals surface area contributed by atoms with E-state index in [1.807, 2.05) is 0 Å². The first-order chi connectivity index (χ1) is 14.8. The molecule has 0 saturated heterocycles. The first-order valence-electron chi connectivity index (χ1n) is 9.16. The molecule has 0 fully saturated rings. The van der Waals surface area contributed by atoms with Crippen LogP contribution in [0.5, 0.6) is 0 Å². The molecule has 6 nitrogen and oxygen atoms in total. The Hall–Kier alpha value is -3.44. The number of carbonyl (C=O) groups is 2. The van der Waals surface area contributed by atoms with Gasteiger partial charge in [0.1, 0.15) is 17.6 Å². The van der Waals surface area contributed by atoms with Gasteiger partial charge in [0.05, 0.1) is 23.3 Å². The zero-order valence-corrected chi connectivity index (χ0v) is 16.6. The molecule has 0 aliphatic carbocycles. The topological polar surface area (TPSA) is 80.6 Å². The van der Waals surface area contributed by atoms with Gasteiger partial charge < -0.3 is 19.8 Å². The zero-order valence-electron chi connectivity index (χ0n) is 16.6. The quantitative estimate of drug-likeness (QED) is 0.485. The summed E-state index contributed by atoms with van der Waals surface area (Å²) in [5.74, 6) is -1.17. The molecule has 3 rings (SSSR count). The molecule has 12 heteroatoms. The number of carbonyl (C=O) groups excluding carboxylic acids is 2. The van der Waals surface area contributed by atoms with Gasteiger partial charge in [-0.15, -0.1) is 0 Å². The number of alkyl halides is 6. The van der Waals surface area contributed by atoms with Gasteiger partial charge in [0.2, 0.25) is 0 Å². The van der Waals surface area contributed by atoms with Crippen molar-refractivity contribution in [1.29, 1.82) is 0 Å². The standard InChI is InChI=1S/C20H16F6N2O4/c1-3-31-17(29)15-9(2)27-18(30)28-16(15)14-5-4-13(32-14)10-6-11(19(21,22)23)8-12(7-10)20(24,25)26/h4-8,16H,3H2,1-2H3,(H2,27,28,30)/t16-/m1/s1. The highest BCUT2D eigenvalue weighted by molar-refractivity contribution is 5.94. The van der Waals surface area contributed by atoms with Gasteiger partial charge in [0, 0.05) is 11.3 Å². The minimum Gasteiger partial charge on any atom is -0.463 e. The summed E-state index contributed by atoms with van der Waals surface area (Å²) in [6.45, 7) is 3.03. The predicted octanol–water partition coefficient (Wildman–Crippen LogP) is 5.18. The van der Waals surface area contributed by atoms with Crippen LogP contribution in [0, 0.1) is 0 Å². The predicted molar refractivity (Wildman–Crippen MR) is 97.9 cm³/mol. The smallest absolute Gasteiger partial charge is 0.416 e. The Balaban J connectivity index is 2.07. The monoisotopic (exact) mass is 462 g/mol. The molecule has 2 amide bonds. The molecule has 0 saturated carbocycles. The number of hydrogen-bond acceptors (Lipinski definition) is 4. The van der Waals surface area contributed by atoms with Crippen molar-refractivity contribution in [3.05, 3.63) is 58.5 Å². The summed E-state index contributed by atoms with van der Waals surface area (Å²) in [5, 5.41) is 4.82. The number of ether oxygens (including phenoxy) is 1. The normalized spacial score (nSPS) is 17.1. The summed E-state index contributed by atoms with van der Waals surface area (Å²) >= 11 is 0. The average molecular weight is 462 g/mol. The van der Waals surface area contributed by atoms with Crippen LogP contribution in [0.4, 0.5) is 31.1 Å². The van der Waals surface area contributed by atoms with E-state index in [2.05, 4.69) is 10.6 Å². The molecular formula is C20H16F6N2O4. The molecule has 1 atom stereocenters. The molecule has 2 N–H and O–H groups in total. The van der Waals surface area contributed by atoms with Crippen LogP contribution in [0.15, 0.2) is 46.0 Å². The van der Waals surface area contributed by atoms with Crippen molar-refractivity contribution in [3.63, 3.8) is 0 Å². The number of allylic oxidation sites excluding steroid dienone is 1. The molecule has 1 aromatic heterocycles. The molecule has 172 valence electrons. The van der Waals surface area contributed by atoms with Crippen molar-refractivity contribution in [2.45, 2.75) is 32.2 Å². The molecule has 0 spiro atoms. The Kier molecular flexibility index (Phi) is 5.98. The number of hydrogen-bond donors (Lipinski definition) is 2. The molecule has 1 aromatic carbocycles. The van der Waals surface area contributed by atoms with E-state index in [0.717, 1.165) is 6.07 Å². The van der Waals surface area contributed by atoms with Crippen LogP contribution in [0.1, 0.15) is 36.8 Å². The van der Waals surface area contributed by atoms with E-state index in [0.29, 0.717) is 12.1 Å². The molecule has 1 aliphatic rings. The summed E-state index contributed by atoms with van der Waals surface area (Å²) < 4.78 is 89.3. The molecule has 0 unspecified atom stereocenters. The van der Waals surface area contributed by atoms with Crippen LogP contribution in [-0.2, 0) is 21.9 Å². The average Bonchev–Trinajstić information content (AvgIpc) is 3.16. The third-order valence-corrected chi connectivity index (χ3v) is 4.55. The summed E-state index contributed by atoms with van der Waals surface area (Å²) in [6, 6.07) is 1.59. The van der Waals surface area contributed by atoms with Gasteiger partial charge in [-0.05, 0) is 44.2 Å². The molecule has 0 radical (unpaired) electrons. The number of benzene rings is 1. The van der Waals surface area contributed by atoms with Crippen LogP contribution in [0.2, 0.25) is 0 Å². The highest BCUT2D eigenvalue weighted by atomic mass is 19.4. The summed E-state index contributed by atoms with van der Waals surface area (Å²) in [5.41, 5.74) is -3.34. The van der Waals surface area contributed by atoms with E-state index in [-0.39, 0.29) is 35.5 Å². The van der Waals surface area contributed by atoms with Crippen molar-refractivity contribution < 1.29 is 45.1 Å². The molecule has 1 aliphatic heterocycles. The third-order valence-electron chi connectivity index (χ3n) is 4.55. The van der Waals surface area contributed by atoms with Gasteiger partial charge in [-0.2, -0.15) is 26.3 Å². The lowest BCUT2D eigenvalue weighted by atomic mass is 10.0. The Morgan fingerprint density at radius 2 is 1.66 bits per heavy atom. The van der Waals surface area contributed by atoms with E-state index < -0.39 is 47.1 Å². The second kappa shape index (κ2) is 8.24. The number of urea groups is 1. The molecular weight excluding hydrogens is 446 g/mol. The van der Waals surface area contributed by atoms with Gasteiger partial charge in [-0.25, -0.2) is 9.59 Å². The van der Waals surface area contributed by atoms with Crippen LogP contribution in [-0.4, -0.2) is 18.6 Å². The number of amides is 2. The first kappa shape index (κ1) is 23.2. The van der Waals surface area contributed by atoms with Crippen molar-refractivity contribution in [3.8, 4) is 11.3 Å². The van der Waals surface area contributed by atoms with Gasteiger partial charge >= 0.3 is 24.4 Å². The summed E-state index contributed by atoms with van der Waals surface area (Å²) in [4.78, 5) is 24.2. The summed E-state index contributed by atoms with van der Waals surface area (Å²) in [7, 11) is 0. The lowest BCUT2D eigenvalue weighted by Gasteiger charge is -2.26. The fraction of sp³-hybridized carbons (Fsp3) is 0.300. The van der Waals surface area contributed by atoms with Crippen molar-refractivity contribution >= 4 is 12.0 Å². The Morgan fingerprint density at radius 3 is 2.19 bits per heavy atom. The lowest BCUT2D eigenvalue weighted by Crippen LogP contribution is -2.45. The van der Waals surface area contributed by atoms with Crippen LogP contribution < -0.4 is 10.6 Å². The van der Waals surface area contributed by atoms with Crippen molar-refractivity contribution in [1.82, 2.24) is 10.6 Å². The van der Waals surface area contributed by atoms with E-state index in [1.54, 1.807) is 6.92 Å². The second-order valence-electron chi connectivity index (χ2n) is 6.79. The largest absolute Gasteiger partial charge is 0.463 e. The second-order valence-corrected chi connectivity index (χ2v) is 6.79. The zero-order chi connectivity index (χ0) is 23.8. The highest BCUT2D eigenvalue weighted by Gasteiger charge is 2.38. The van der Waals surface area contributed by atoms with Crippen LogP contribution in [0.3, 0.4) is 0 Å². The third kappa shape index (κ3) is 4.73. The maximum absolute atomic E-state index is 13.1. The van der Waals surface area contributed by atoms with Gasteiger partial charge in [0.15, 0.2) is 0 Å². The fourth-order valence-corrected chi connectivity index (χ4v) is 3.15. The number of halogens is 6. The minimum absolute atomic E-state index is 0.00529. The van der Waals surface area contributed by atoms with E-state index in [1.165, 1.54) is 13.0 Å². The number of rotatable bonds is 4. The van der Waals surface area contributed by atoms with E-state index >= 15 is 0 Å². The molecule has 0 bridgehead atoms. The minimum atomic E-state index is -5.02. The van der Waals surface area contributed by atoms with E-state index in [9.17, 15) is 35.9 Å². The SMILES string of the molecule is CCOC(=O)C1=C(C)NC(=O)N[C@@H]1c1ccc(-c2cc(C(F)(F)F)cc(C(F)(F)F)c2)o1. The Bertz CT molecular complexity index is 1050.